The van der Waals surface area contributed by atoms with E-state index in [2.05, 4.69) is 31.0 Å². The Morgan fingerprint density at radius 3 is 2.35 bits per heavy atom. The Labute approximate surface area is 125 Å². The van der Waals surface area contributed by atoms with E-state index in [0.29, 0.717) is 6.04 Å². The Hall–Kier alpha value is -0.570. The van der Waals surface area contributed by atoms with Crippen LogP contribution >= 0.6 is 0 Å². The maximum Gasteiger partial charge on any atom is 0.217 e. The number of hydrogen-bond donors (Lipinski definition) is 1. The van der Waals surface area contributed by atoms with Crippen LogP contribution in [0, 0.1) is 5.92 Å². The summed E-state index contributed by atoms with van der Waals surface area (Å²) in [5.74, 6) is 0.938. The number of nitrogens with zero attached hydrogens (tertiary/aromatic N) is 1. The summed E-state index contributed by atoms with van der Waals surface area (Å²) in [5.41, 5.74) is 0. The van der Waals surface area contributed by atoms with Crippen molar-refractivity contribution in [1.82, 2.24) is 10.2 Å². The standard InChI is InChI=1S/C17H34N2O/c1-5-7-17(9-6-8-14(2)3)19-12-10-16(11-13-19)18-15(4)20/h14,16-17H,5-13H2,1-4H3,(H,18,20). The molecule has 1 aliphatic rings. The van der Waals surface area contributed by atoms with Gasteiger partial charge in [-0.05, 0) is 31.6 Å². The van der Waals surface area contributed by atoms with E-state index < -0.39 is 0 Å². The van der Waals surface area contributed by atoms with Crippen LogP contribution < -0.4 is 5.32 Å². The van der Waals surface area contributed by atoms with Crippen LogP contribution in [0.2, 0.25) is 0 Å². The highest BCUT2D eigenvalue weighted by atomic mass is 16.1. The molecule has 3 heteroatoms. The molecule has 0 aromatic heterocycles. The first kappa shape index (κ1) is 17.5. The molecule has 118 valence electrons. The van der Waals surface area contributed by atoms with E-state index in [-0.39, 0.29) is 5.91 Å². The molecule has 1 atom stereocenters. The lowest BCUT2D eigenvalue weighted by Crippen LogP contribution is -2.47. The number of likely N-dealkylation sites (tertiary alicyclic amines) is 1. The molecule has 1 amide bonds. The Bertz CT molecular complexity index is 270. The lowest BCUT2D eigenvalue weighted by molar-refractivity contribution is -0.120. The van der Waals surface area contributed by atoms with Gasteiger partial charge < -0.3 is 10.2 Å². The maximum atomic E-state index is 11.1. The number of nitrogens with one attached hydrogen (secondary N) is 1. The molecule has 1 unspecified atom stereocenters. The van der Waals surface area contributed by atoms with Crippen molar-refractivity contribution in [2.75, 3.05) is 13.1 Å². The highest BCUT2D eigenvalue weighted by Crippen LogP contribution is 2.21. The zero-order valence-corrected chi connectivity index (χ0v) is 14.0. The van der Waals surface area contributed by atoms with E-state index in [1.807, 2.05) is 0 Å². The number of rotatable bonds is 8. The lowest BCUT2D eigenvalue weighted by atomic mass is 9.96. The fourth-order valence-electron chi connectivity index (χ4n) is 3.30. The highest BCUT2D eigenvalue weighted by Gasteiger charge is 2.24. The topological polar surface area (TPSA) is 32.3 Å². The predicted molar refractivity (Wildman–Crippen MR) is 85.8 cm³/mol. The molecule has 1 fully saturated rings. The maximum absolute atomic E-state index is 11.1. The van der Waals surface area contributed by atoms with E-state index in [1.165, 1.54) is 32.1 Å². The number of carbonyl (C=O) groups is 1. The summed E-state index contributed by atoms with van der Waals surface area (Å²) in [5, 5.41) is 3.07. The normalized spacial score (nSPS) is 19.2. The predicted octanol–water partition coefficient (Wildman–Crippen LogP) is 3.58. The molecular weight excluding hydrogens is 248 g/mol. The summed E-state index contributed by atoms with van der Waals surface area (Å²) in [6.07, 6.45) is 8.88. The average molecular weight is 282 g/mol. The van der Waals surface area contributed by atoms with Gasteiger partial charge in [0, 0.05) is 32.1 Å². The van der Waals surface area contributed by atoms with Crippen molar-refractivity contribution >= 4 is 5.91 Å². The number of piperidine rings is 1. The van der Waals surface area contributed by atoms with Crippen LogP contribution in [0.4, 0.5) is 0 Å². The zero-order chi connectivity index (χ0) is 15.0. The van der Waals surface area contributed by atoms with Gasteiger partial charge in [0.05, 0.1) is 0 Å². The van der Waals surface area contributed by atoms with Crippen LogP contribution in [0.15, 0.2) is 0 Å². The van der Waals surface area contributed by atoms with Crippen LogP contribution in [0.5, 0.6) is 0 Å². The van der Waals surface area contributed by atoms with Crippen LogP contribution in [0.3, 0.4) is 0 Å². The van der Waals surface area contributed by atoms with Gasteiger partial charge in [-0.1, -0.05) is 40.0 Å². The fraction of sp³-hybridized carbons (Fsp3) is 0.941. The second-order valence-electron chi connectivity index (χ2n) is 6.78. The van der Waals surface area contributed by atoms with Crippen molar-refractivity contribution in [1.29, 1.82) is 0 Å². The minimum Gasteiger partial charge on any atom is -0.354 e. The summed E-state index contributed by atoms with van der Waals surface area (Å²) < 4.78 is 0. The molecule has 1 rings (SSSR count). The first-order chi connectivity index (χ1) is 9.52. The van der Waals surface area contributed by atoms with Gasteiger partial charge in [-0.2, -0.15) is 0 Å². The third-order valence-electron chi connectivity index (χ3n) is 4.39. The van der Waals surface area contributed by atoms with Crippen molar-refractivity contribution in [2.45, 2.75) is 84.7 Å². The van der Waals surface area contributed by atoms with Crippen molar-refractivity contribution in [3.63, 3.8) is 0 Å². The molecule has 1 saturated heterocycles. The molecule has 0 aliphatic carbocycles. The van der Waals surface area contributed by atoms with Crippen LogP contribution in [0.25, 0.3) is 0 Å². The fourth-order valence-corrected chi connectivity index (χ4v) is 3.30. The van der Waals surface area contributed by atoms with E-state index in [4.69, 9.17) is 0 Å². The van der Waals surface area contributed by atoms with E-state index in [9.17, 15) is 4.79 Å². The molecule has 1 heterocycles. The molecule has 0 bridgehead atoms. The lowest BCUT2D eigenvalue weighted by Gasteiger charge is -2.38. The zero-order valence-electron chi connectivity index (χ0n) is 14.0. The molecule has 1 aliphatic heterocycles. The third-order valence-corrected chi connectivity index (χ3v) is 4.39. The SMILES string of the molecule is CCCC(CCCC(C)C)N1CCC(NC(C)=O)CC1. The summed E-state index contributed by atoms with van der Waals surface area (Å²) in [4.78, 5) is 13.8. The van der Waals surface area contributed by atoms with Gasteiger partial charge in [0.1, 0.15) is 0 Å². The van der Waals surface area contributed by atoms with Gasteiger partial charge in [-0.3, -0.25) is 4.79 Å². The van der Waals surface area contributed by atoms with E-state index in [1.54, 1.807) is 6.92 Å². The van der Waals surface area contributed by atoms with Gasteiger partial charge in [-0.15, -0.1) is 0 Å². The molecule has 0 spiro atoms. The second kappa shape index (κ2) is 9.38. The molecule has 1 N–H and O–H groups in total. The molecule has 0 aromatic carbocycles. The summed E-state index contributed by atoms with van der Waals surface area (Å²) in [6, 6.07) is 1.17. The Morgan fingerprint density at radius 2 is 1.85 bits per heavy atom. The van der Waals surface area contributed by atoms with Gasteiger partial charge in [0.2, 0.25) is 5.91 Å². The van der Waals surface area contributed by atoms with Gasteiger partial charge in [0.25, 0.3) is 0 Å². The second-order valence-corrected chi connectivity index (χ2v) is 6.78. The van der Waals surface area contributed by atoms with Gasteiger partial charge in [-0.25, -0.2) is 0 Å². The van der Waals surface area contributed by atoms with Crippen molar-refractivity contribution in [3.05, 3.63) is 0 Å². The number of carbonyl (C=O) groups excluding carboxylic acids is 1. The first-order valence-electron chi connectivity index (χ1n) is 8.54. The molecule has 0 radical (unpaired) electrons. The Morgan fingerprint density at radius 1 is 1.20 bits per heavy atom. The molecule has 20 heavy (non-hydrogen) atoms. The molecule has 0 saturated carbocycles. The average Bonchev–Trinajstić information content (AvgIpc) is 2.37. The number of hydrogen-bond acceptors (Lipinski definition) is 2. The minimum absolute atomic E-state index is 0.116. The third kappa shape index (κ3) is 6.74. The van der Waals surface area contributed by atoms with E-state index in [0.717, 1.165) is 37.9 Å². The Balaban J connectivity index is 2.34. The molecule has 3 nitrogen and oxygen atoms in total. The smallest absolute Gasteiger partial charge is 0.217 e. The summed E-state index contributed by atoms with van der Waals surface area (Å²) in [7, 11) is 0. The summed E-state index contributed by atoms with van der Waals surface area (Å²) in [6.45, 7) is 10.8. The minimum atomic E-state index is 0.116. The molecular formula is C17H34N2O. The quantitative estimate of drug-likeness (QED) is 0.738. The monoisotopic (exact) mass is 282 g/mol. The first-order valence-corrected chi connectivity index (χ1v) is 8.54. The molecule has 0 aromatic rings. The van der Waals surface area contributed by atoms with Crippen LogP contribution in [-0.4, -0.2) is 36.0 Å². The largest absolute Gasteiger partial charge is 0.354 e. The highest BCUT2D eigenvalue weighted by molar-refractivity contribution is 5.73. The van der Waals surface area contributed by atoms with Crippen molar-refractivity contribution in [3.8, 4) is 0 Å². The van der Waals surface area contributed by atoms with Gasteiger partial charge in [0.15, 0.2) is 0 Å². The van der Waals surface area contributed by atoms with Gasteiger partial charge >= 0.3 is 0 Å². The van der Waals surface area contributed by atoms with E-state index >= 15 is 0 Å². The Kier molecular flexibility index (Phi) is 8.20. The van der Waals surface area contributed by atoms with Crippen molar-refractivity contribution < 1.29 is 4.79 Å². The van der Waals surface area contributed by atoms with Crippen molar-refractivity contribution in [2.24, 2.45) is 5.92 Å². The van der Waals surface area contributed by atoms with Crippen LogP contribution in [0.1, 0.15) is 72.6 Å². The van der Waals surface area contributed by atoms with Crippen LogP contribution in [-0.2, 0) is 4.79 Å². The summed E-state index contributed by atoms with van der Waals surface area (Å²) >= 11 is 0. The number of amides is 1.